The summed E-state index contributed by atoms with van der Waals surface area (Å²) < 4.78 is 0. The molecule has 1 aromatic rings. The fourth-order valence-corrected chi connectivity index (χ4v) is 2.26. The van der Waals surface area contributed by atoms with E-state index < -0.39 is 0 Å². The van der Waals surface area contributed by atoms with Gasteiger partial charge in [0.1, 0.15) is 5.82 Å². The first-order chi connectivity index (χ1) is 9.47. The lowest BCUT2D eigenvalue weighted by atomic mass is 10.1. The van der Waals surface area contributed by atoms with Crippen molar-refractivity contribution in [3.8, 4) is 0 Å². The predicted octanol–water partition coefficient (Wildman–Crippen LogP) is 3.77. The van der Waals surface area contributed by atoms with Crippen molar-refractivity contribution in [1.29, 1.82) is 0 Å². The van der Waals surface area contributed by atoms with Crippen LogP contribution in [0, 0.1) is 0 Å². The zero-order valence-electron chi connectivity index (χ0n) is 14.0. The lowest BCUT2D eigenvalue weighted by Crippen LogP contribution is -2.32. The van der Waals surface area contributed by atoms with Crippen molar-refractivity contribution in [3.63, 3.8) is 0 Å². The summed E-state index contributed by atoms with van der Waals surface area (Å²) in [7, 11) is 0. The van der Waals surface area contributed by atoms with Gasteiger partial charge in [-0.25, -0.2) is 4.98 Å². The molecule has 0 unspecified atom stereocenters. The molecule has 0 aliphatic heterocycles. The fraction of sp³-hybridized carbons (Fsp3) is 0.706. The third-order valence-corrected chi connectivity index (χ3v) is 3.38. The summed E-state index contributed by atoms with van der Waals surface area (Å²) in [4.78, 5) is 7.22. The molecule has 0 aromatic carbocycles. The lowest BCUT2D eigenvalue weighted by Gasteiger charge is -2.28. The standard InChI is InChI=1S/C17H31N3/c1-7-9-20(14(5)6)17-11-15(12-18-13(3)4)10-16(8-2)19-17/h10-11,13-14,18H,7-9,12H2,1-6H3. The quantitative estimate of drug-likeness (QED) is 0.784. The Morgan fingerprint density at radius 2 is 1.85 bits per heavy atom. The van der Waals surface area contributed by atoms with Gasteiger partial charge in [0.15, 0.2) is 0 Å². The topological polar surface area (TPSA) is 28.2 Å². The minimum Gasteiger partial charge on any atom is -0.354 e. The van der Waals surface area contributed by atoms with E-state index in [0.29, 0.717) is 12.1 Å². The number of aromatic nitrogens is 1. The van der Waals surface area contributed by atoms with Gasteiger partial charge in [0.25, 0.3) is 0 Å². The number of anilines is 1. The van der Waals surface area contributed by atoms with Crippen LogP contribution >= 0.6 is 0 Å². The van der Waals surface area contributed by atoms with Crippen LogP contribution in [-0.4, -0.2) is 23.6 Å². The normalized spacial score (nSPS) is 11.4. The molecule has 3 heteroatoms. The molecule has 1 aromatic heterocycles. The van der Waals surface area contributed by atoms with Crippen LogP contribution in [0.1, 0.15) is 59.2 Å². The highest BCUT2D eigenvalue weighted by Crippen LogP contribution is 2.18. The maximum absolute atomic E-state index is 4.82. The highest BCUT2D eigenvalue weighted by Gasteiger charge is 2.13. The van der Waals surface area contributed by atoms with Crippen LogP contribution in [-0.2, 0) is 13.0 Å². The highest BCUT2D eigenvalue weighted by molar-refractivity contribution is 5.43. The van der Waals surface area contributed by atoms with Crippen LogP contribution in [0.4, 0.5) is 5.82 Å². The van der Waals surface area contributed by atoms with Gasteiger partial charge in [-0.05, 0) is 44.4 Å². The first-order valence-corrected chi connectivity index (χ1v) is 7.97. The SMILES string of the molecule is CCCN(c1cc(CNC(C)C)cc(CC)n1)C(C)C. The van der Waals surface area contributed by atoms with Crippen LogP contribution in [0.25, 0.3) is 0 Å². The highest BCUT2D eigenvalue weighted by atomic mass is 15.2. The van der Waals surface area contributed by atoms with Crippen LogP contribution < -0.4 is 10.2 Å². The van der Waals surface area contributed by atoms with Crippen molar-refractivity contribution in [2.24, 2.45) is 0 Å². The van der Waals surface area contributed by atoms with Gasteiger partial charge in [-0.15, -0.1) is 0 Å². The molecule has 0 radical (unpaired) electrons. The summed E-state index contributed by atoms with van der Waals surface area (Å²) in [5, 5.41) is 3.49. The number of pyridine rings is 1. The average molecular weight is 277 g/mol. The van der Waals surface area contributed by atoms with E-state index in [0.717, 1.165) is 31.7 Å². The Morgan fingerprint density at radius 3 is 2.35 bits per heavy atom. The molecule has 1 N–H and O–H groups in total. The molecule has 3 nitrogen and oxygen atoms in total. The van der Waals surface area contributed by atoms with E-state index in [4.69, 9.17) is 4.98 Å². The second kappa shape index (κ2) is 8.25. The molecule has 0 spiro atoms. The third kappa shape index (κ3) is 5.12. The molecule has 1 rings (SSSR count). The van der Waals surface area contributed by atoms with E-state index in [1.54, 1.807) is 0 Å². The van der Waals surface area contributed by atoms with Crippen molar-refractivity contribution in [2.75, 3.05) is 11.4 Å². The summed E-state index contributed by atoms with van der Waals surface area (Å²) in [6.45, 7) is 15.2. The van der Waals surface area contributed by atoms with E-state index in [1.165, 1.54) is 11.3 Å². The van der Waals surface area contributed by atoms with Crippen molar-refractivity contribution in [1.82, 2.24) is 10.3 Å². The van der Waals surface area contributed by atoms with E-state index >= 15 is 0 Å². The maximum Gasteiger partial charge on any atom is 0.129 e. The van der Waals surface area contributed by atoms with Crippen LogP contribution in [0.15, 0.2) is 12.1 Å². The second-order valence-corrected chi connectivity index (χ2v) is 6.00. The van der Waals surface area contributed by atoms with Gasteiger partial charge >= 0.3 is 0 Å². The first kappa shape index (κ1) is 17.0. The molecule has 0 bridgehead atoms. The third-order valence-electron chi connectivity index (χ3n) is 3.38. The van der Waals surface area contributed by atoms with E-state index in [9.17, 15) is 0 Å². The molecule has 0 saturated carbocycles. The summed E-state index contributed by atoms with van der Waals surface area (Å²) in [5.41, 5.74) is 2.52. The molecule has 114 valence electrons. The number of hydrogen-bond donors (Lipinski definition) is 1. The largest absolute Gasteiger partial charge is 0.354 e. The molecule has 20 heavy (non-hydrogen) atoms. The van der Waals surface area contributed by atoms with Gasteiger partial charge in [0.2, 0.25) is 0 Å². The zero-order valence-corrected chi connectivity index (χ0v) is 14.0. The molecule has 0 aliphatic rings. The van der Waals surface area contributed by atoms with E-state index in [-0.39, 0.29) is 0 Å². The molecular weight excluding hydrogens is 246 g/mol. The Hall–Kier alpha value is -1.09. The number of rotatable bonds is 8. The Labute approximate surface area is 124 Å². The molecule has 1 heterocycles. The summed E-state index contributed by atoms with van der Waals surface area (Å²) in [6, 6.07) is 5.46. The van der Waals surface area contributed by atoms with Gasteiger partial charge in [-0.2, -0.15) is 0 Å². The smallest absolute Gasteiger partial charge is 0.129 e. The van der Waals surface area contributed by atoms with Crippen LogP contribution in [0.3, 0.4) is 0 Å². The Kier molecular flexibility index (Phi) is 7.00. The average Bonchev–Trinajstić information content (AvgIpc) is 2.41. The monoisotopic (exact) mass is 277 g/mol. The second-order valence-electron chi connectivity index (χ2n) is 6.00. The maximum atomic E-state index is 4.82. The Balaban J connectivity index is 3.01. The minimum absolute atomic E-state index is 0.487. The van der Waals surface area contributed by atoms with Gasteiger partial charge in [0.05, 0.1) is 0 Å². The fourth-order valence-electron chi connectivity index (χ4n) is 2.26. The number of aryl methyl sites for hydroxylation is 1. The number of nitrogens with zero attached hydrogens (tertiary/aromatic N) is 2. The van der Waals surface area contributed by atoms with E-state index in [1.807, 2.05) is 0 Å². The van der Waals surface area contributed by atoms with Gasteiger partial charge in [-0.1, -0.05) is 27.7 Å². The van der Waals surface area contributed by atoms with Gasteiger partial charge in [-0.3, -0.25) is 0 Å². The van der Waals surface area contributed by atoms with Crippen LogP contribution in [0.2, 0.25) is 0 Å². The number of nitrogens with one attached hydrogen (secondary N) is 1. The predicted molar refractivity (Wildman–Crippen MR) is 88.4 cm³/mol. The van der Waals surface area contributed by atoms with Gasteiger partial charge in [0, 0.05) is 30.9 Å². The number of hydrogen-bond acceptors (Lipinski definition) is 3. The Morgan fingerprint density at radius 1 is 1.15 bits per heavy atom. The molecule has 0 amide bonds. The minimum atomic E-state index is 0.487. The van der Waals surface area contributed by atoms with E-state index in [2.05, 4.69) is 63.9 Å². The Bertz CT molecular complexity index is 399. The van der Waals surface area contributed by atoms with Crippen molar-refractivity contribution in [3.05, 3.63) is 23.4 Å². The molecule has 0 atom stereocenters. The molecular formula is C17H31N3. The van der Waals surface area contributed by atoms with Gasteiger partial charge < -0.3 is 10.2 Å². The summed E-state index contributed by atoms with van der Waals surface area (Å²) in [5.74, 6) is 1.13. The van der Waals surface area contributed by atoms with Crippen LogP contribution in [0.5, 0.6) is 0 Å². The van der Waals surface area contributed by atoms with Crippen molar-refractivity contribution >= 4 is 5.82 Å². The summed E-state index contributed by atoms with van der Waals surface area (Å²) in [6.07, 6.45) is 2.14. The lowest BCUT2D eigenvalue weighted by molar-refractivity contribution is 0.587. The first-order valence-electron chi connectivity index (χ1n) is 7.97. The molecule has 0 fully saturated rings. The molecule has 0 aliphatic carbocycles. The van der Waals surface area contributed by atoms with Crippen molar-refractivity contribution in [2.45, 2.75) is 73.0 Å². The van der Waals surface area contributed by atoms with Crippen molar-refractivity contribution < 1.29 is 0 Å². The zero-order chi connectivity index (χ0) is 15.1. The summed E-state index contributed by atoms with van der Waals surface area (Å²) >= 11 is 0. The molecule has 0 saturated heterocycles.